The zero-order valence-corrected chi connectivity index (χ0v) is 13.1. The van der Waals surface area contributed by atoms with Crippen molar-refractivity contribution in [3.05, 3.63) is 40.0 Å². The van der Waals surface area contributed by atoms with Crippen molar-refractivity contribution in [2.75, 3.05) is 12.4 Å². The van der Waals surface area contributed by atoms with Gasteiger partial charge in [-0.3, -0.25) is 0 Å². The lowest BCUT2D eigenvalue weighted by Gasteiger charge is -2.14. The summed E-state index contributed by atoms with van der Waals surface area (Å²) in [7, 11) is 3.37. The van der Waals surface area contributed by atoms with Gasteiger partial charge in [0.1, 0.15) is 6.04 Å². The molecule has 0 saturated heterocycles. The zero-order chi connectivity index (χ0) is 14.7. The van der Waals surface area contributed by atoms with Crippen LogP contribution in [0, 0.1) is 18.3 Å². The Hall–Kier alpha value is -2.00. The number of aromatic nitrogens is 2. The second-order valence-corrected chi connectivity index (χ2v) is 5.26. The second kappa shape index (κ2) is 5.97. The van der Waals surface area contributed by atoms with Crippen LogP contribution in [0.1, 0.15) is 17.3 Å². The standard InChI is InChI=1S/C14H15BrN4O/c1-9-13(14(20-3)19(2)18-9)12(8-16)17-11-6-4-10(15)5-7-11/h4-7,12,17H,1-3H3. The topological polar surface area (TPSA) is 62.9 Å². The summed E-state index contributed by atoms with van der Waals surface area (Å²) in [5, 5.41) is 16.9. The number of aryl methyl sites for hydroxylation is 2. The van der Waals surface area contributed by atoms with Crippen molar-refractivity contribution in [3.63, 3.8) is 0 Å². The summed E-state index contributed by atoms with van der Waals surface area (Å²) in [4.78, 5) is 0. The van der Waals surface area contributed by atoms with Crippen molar-refractivity contribution in [1.29, 1.82) is 5.26 Å². The summed E-state index contributed by atoms with van der Waals surface area (Å²) in [5.74, 6) is 0.596. The molecule has 104 valence electrons. The van der Waals surface area contributed by atoms with Crippen LogP contribution in [-0.2, 0) is 7.05 Å². The SMILES string of the molecule is COc1c(C(C#N)Nc2ccc(Br)cc2)c(C)nn1C. The molecule has 1 N–H and O–H groups in total. The molecule has 0 aliphatic heterocycles. The molecule has 1 atom stereocenters. The monoisotopic (exact) mass is 334 g/mol. The molecule has 5 nitrogen and oxygen atoms in total. The first-order valence-electron chi connectivity index (χ1n) is 6.06. The van der Waals surface area contributed by atoms with E-state index in [1.165, 1.54) is 0 Å². The number of rotatable bonds is 4. The van der Waals surface area contributed by atoms with Gasteiger partial charge in [0.25, 0.3) is 0 Å². The summed E-state index contributed by atoms with van der Waals surface area (Å²) in [6, 6.07) is 9.40. The van der Waals surface area contributed by atoms with Crippen LogP contribution in [0.15, 0.2) is 28.7 Å². The van der Waals surface area contributed by atoms with Crippen molar-refractivity contribution in [2.24, 2.45) is 7.05 Å². The van der Waals surface area contributed by atoms with Gasteiger partial charge in [-0.1, -0.05) is 15.9 Å². The molecule has 0 fully saturated rings. The maximum absolute atomic E-state index is 9.43. The summed E-state index contributed by atoms with van der Waals surface area (Å²) in [5.41, 5.74) is 2.41. The molecule has 0 aliphatic carbocycles. The first kappa shape index (κ1) is 14.4. The van der Waals surface area contributed by atoms with Crippen LogP contribution in [0.4, 0.5) is 5.69 Å². The minimum atomic E-state index is -0.514. The largest absolute Gasteiger partial charge is 0.481 e. The van der Waals surface area contributed by atoms with Crippen molar-refractivity contribution in [2.45, 2.75) is 13.0 Å². The molecule has 6 heteroatoms. The normalized spacial score (nSPS) is 11.8. The number of nitrogens with one attached hydrogen (secondary N) is 1. The minimum absolute atomic E-state index is 0.514. The van der Waals surface area contributed by atoms with E-state index in [1.54, 1.807) is 18.8 Å². The van der Waals surface area contributed by atoms with Crippen molar-refractivity contribution >= 4 is 21.6 Å². The van der Waals surface area contributed by atoms with Gasteiger partial charge in [-0.15, -0.1) is 0 Å². The Balaban J connectivity index is 2.34. The van der Waals surface area contributed by atoms with Crippen LogP contribution in [-0.4, -0.2) is 16.9 Å². The van der Waals surface area contributed by atoms with Crippen LogP contribution < -0.4 is 10.1 Å². The van der Waals surface area contributed by atoms with Gasteiger partial charge in [0.15, 0.2) is 0 Å². The quantitative estimate of drug-likeness (QED) is 0.932. The molecule has 2 rings (SSSR count). The van der Waals surface area contributed by atoms with Crippen LogP contribution >= 0.6 is 15.9 Å². The molecule has 1 aromatic carbocycles. The number of ether oxygens (including phenoxy) is 1. The van der Waals surface area contributed by atoms with E-state index in [1.807, 2.05) is 31.2 Å². The number of anilines is 1. The van der Waals surface area contributed by atoms with E-state index in [2.05, 4.69) is 32.4 Å². The zero-order valence-electron chi connectivity index (χ0n) is 11.5. The van der Waals surface area contributed by atoms with E-state index in [9.17, 15) is 5.26 Å². The van der Waals surface area contributed by atoms with Crippen molar-refractivity contribution in [3.8, 4) is 11.9 Å². The fourth-order valence-electron chi connectivity index (χ4n) is 2.11. The third-order valence-electron chi connectivity index (χ3n) is 2.98. The fraction of sp³-hybridized carbons (Fsp3) is 0.286. The minimum Gasteiger partial charge on any atom is -0.481 e. The molecule has 1 aromatic heterocycles. The highest BCUT2D eigenvalue weighted by molar-refractivity contribution is 9.10. The first-order valence-corrected chi connectivity index (χ1v) is 6.85. The van der Waals surface area contributed by atoms with Crippen LogP contribution in [0.25, 0.3) is 0 Å². The molecular weight excluding hydrogens is 320 g/mol. The predicted octanol–water partition coefficient (Wildman–Crippen LogP) is 3.18. The first-order chi connectivity index (χ1) is 9.56. The lowest BCUT2D eigenvalue weighted by molar-refractivity contribution is 0.369. The number of benzene rings is 1. The summed E-state index contributed by atoms with van der Waals surface area (Å²) in [6.45, 7) is 1.87. The highest BCUT2D eigenvalue weighted by Crippen LogP contribution is 2.30. The Morgan fingerprint density at radius 1 is 1.40 bits per heavy atom. The van der Waals surface area contributed by atoms with Gasteiger partial charge in [-0.25, -0.2) is 4.68 Å². The van der Waals surface area contributed by atoms with Crippen LogP contribution in [0.2, 0.25) is 0 Å². The number of halogens is 1. The smallest absolute Gasteiger partial charge is 0.218 e. The van der Waals surface area contributed by atoms with E-state index in [0.717, 1.165) is 21.4 Å². The lowest BCUT2D eigenvalue weighted by Crippen LogP contribution is -2.10. The molecule has 0 amide bonds. The van der Waals surface area contributed by atoms with Gasteiger partial charge in [0.2, 0.25) is 5.88 Å². The predicted molar refractivity (Wildman–Crippen MR) is 80.6 cm³/mol. The van der Waals surface area contributed by atoms with E-state index in [4.69, 9.17) is 4.74 Å². The molecule has 1 unspecified atom stereocenters. The van der Waals surface area contributed by atoms with Crippen molar-refractivity contribution < 1.29 is 4.74 Å². The van der Waals surface area contributed by atoms with E-state index in [-0.39, 0.29) is 0 Å². The molecule has 2 aromatic rings. The van der Waals surface area contributed by atoms with E-state index < -0.39 is 6.04 Å². The Labute approximate surface area is 126 Å². The second-order valence-electron chi connectivity index (χ2n) is 4.35. The maximum Gasteiger partial charge on any atom is 0.218 e. The molecule has 20 heavy (non-hydrogen) atoms. The molecule has 0 bridgehead atoms. The van der Waals surface area contributed by atoms with Crippen LogP contribution in [0.3, 0.4) is 0 Å². The number of methoxy groups -OCH3 is 1. The molecule has 0 radical (unpaired) electrons. The van der Waals surface area contributed by atoms with Gasteiger partial charge >= 0.3 is 0 Å². The highest BCUT2D eigenvalue weighted by Gasteiger charge is 2.23. The van der Waals surface area contributed by atoms with Gasteiger partial charge in [0, 0.05) is 17.2 Å². The number of hydrogen-bond acceptors (Lipinski definition) is 4. The van der Waals surface area contributed by atoms with Crippen LogP contribution in [0.5, 0.6) is 5.88 Å². The maximum atomic E-state index is 9.43. The molecule has 1 heterocycles. The van der Waals surface area contributed by atoms with Gasteiger partial charge in [-0.05, 0) is 31.2 Å². The Morgan fingerprint density at radius 2 is 2.05 bits per heavy atom. The molecule has 0 saturated carbocycles. The summed E-state index contributed by atoms with van der Waals surface area (Å²) in [6.07, 6.45) is 0. The summed E-state index contributed by atoms with van der Waals surface area (Å²) >= 11 is 3.39. The number of hydrogen-bond donors (Lipinski definition) is 1. The number of nitriles is 1. The van der Waals surface area contributed by atoms with E-state index >= 15 is 0 Å². The van der Waals surface area contributed by atoms with E-state index in [0.29, 0.717) is 5.88 Å². The third-order valence-corrected chi connectivity index (χ3v) is 3.51. The Kier molecular flexibility index (Phi) is 4.30. The van der Waals surface area contributed by atoms with Crippen molar-refractivity contribution in [1.82, 2.24) is 9.78 Å². The average Bonchev–Trinajstić information content (AvgIpc) is 2.72. The third kappa shape index (κ3) is 2.78. The average molecular weight is 335 g/mol. The Morgan fingerprint density at radius 3 is 2.60 bits per heavy atom. The highest BCUT2D eigenvalue weighted by atomic mass is 79.9. The van der Waals surface area contributed by atoms with Gasteiger partial charge in [0.05, 0.1) is 24.4 Å². The molecular formula is C14H15BrN4O. The van der Waals surface area contributed by atoms with Gasteiger partial charge < -0.3 is 10.1 Å². The summed E-state index contributed by atoms with van der Waals surface area (Å²) < 4.78 is 7.97. The fourth-order valence-corrected chi connectivity index (χ4v) is 2.37. The molecule has 0 spiro atoms. The molecule has 0 aliphatic rings. The number of nitrogens with zero attached hydrogens (tertiary/aromatic N) is 3. The van der Waals surface area contributed by atoms with Gasteiger partial charge in [-0.2, -0.15) is 10.4 Å². The Bertz CT molecular complexity index is 642. The lowest BCUT2D eigenvalue weighted by atomic mass is 10.1.